The number of halogens is 1. The molecule has 1 N–H and O–H groups in total. The van der Waals surface area contributed by atoms with Crippen molar-refractivity contribution >= 4 is 35.1 Å². The third-order valence-electron chi connectivity index (χ3n) is 3.34. The molecule has 1 aromatic carbocycles. The molecule has 1 aliphatic rings. The lowest BCUT2D eigenvalue weighted by Crippen LogP contribution is -2.19. The Hall–Kier alpha value is -0.850. The Kier molecular flexibility index (Phi) is 4.66. The van der Waals surface area contributed by atoms with Crippen molar-refractivity contribution in [3.8, 4) is 17.2 Å². The van der Waals surface area contributed by atoms with Crippen molar-refractivity contribution in [1.82, 2.24) is 10.1 Å². The van der Waals surface area contributed by atoms with Crippen LogP contribution in [-0.4, -0.2) is 32.0 Å². The van der Waals surface area contributed by atoms with E-state index < -0.39 is 0 Å². The van der Waals surface area contributed by atoms with E-state index in [0.717, 1.165) is 12.2 Å². The molecule has 0 saturated carbocycles. The van der Waals surface area contributed by atoms with Crippen LogP contribution < -0.4 is 0 Å². The number of phenolic OH excluding ortho intramolecular Hbond substituents is 1. The fraction of sp³-hybridized carbons (Fsp3) is 0.429. The molecule has 112 valence electrons. The fourth-order valence-corrected chi connectivity index (χ4v) is 5.44. The third kappa shape index (κ3) is 3.17. The van der Waals surface area contributed by atoms with Gasteiger partial charge in [0.05, 0.1) is 10.8 Å². The van der Waals surface area contributed by atoms with Crippen LogP contribution in [0, 0.1) is 0 Å². The molecule has 2 aromatic rings. The second-order valence-electron chi connectivity index (χ2n) is 4.73. The van der Waals surface area contributed by atoms with Crippen molar-refractivity contribution < 1.29 is 9.63 Å². The first kappa shape index (κ1) is 15.1. The molecule has 0 aliphatic carbocycles. The van der Waals surface area contributed by atoms with Gasteiger partial charge in [-0.3, -0.25) is 0 Å². The maximum atomic E-state index is 9.91. The van der Waals surface area contributed by atoms with E-state index in [1.165, 1.54) is 11.8 Å². The molecule has 1 saturated heterocycles. The van der Waals surface area contributed by atoms with E-state index in [4.69, 9.17) is 16.1 Å². The van der Waals surface area contributed by atoms with Crippen LogP contribution in [0.2, 0.25) is 5.02 Å². The van der Waals surface area contributed by atoms with E-state index in [-0.39, 0.29) is 11.0 Å². The number of hydrogen-bond acceptors (Lipinski definition) is 6. The monoisotopic (exact) mass is 342 g/mol. The molecule has 3 rings (SSSR count). The van der Waals surface area contributed by atoms with Crippen LogP contribution in [0.1, 0.15) is 24.4 Å². The SMILES string of the molecule is CCC1SCCSC1c1noc(-c2cc(Cl)ccc2O)n1. The second kappa shape index (κ2) is 6.50. The third-order valence-corrected chi connectivity index (χ3v) is 6.82. The quantitative estimate of drug-likeness (QED) is 0.892. The highest BCUT2D eigenvalue weighted by Crippen LogP contribution is 2.43. The van der Waals surface area contributed by atoms with Crippen molar-refractivity contribution in [2.45, 2.75) is 23.8 Å². The van der Waals surface area contributed by atoms with Gasteiger partial charge < -0.3 is 9.63 Å². The zero-order valence-corrected chi connectivity index (χ0v) is 13.8. The Labute approximate surface area is 136 Å². The van der Waals surface area contributed by atoms with Gasteiger partial charge in [0.15, 0.2) is 5.82 Å². The molecular weight excluding hydrogens is 328 g/mol. The molecule has 2 atom stereocenters. The van der Waals surface area contributed by atoms with E-state index in [9.17, 15) is 5.11 Å². The predicted molar refractivity (Wildman–Crippen MR) is 88.1 cm³/mol. The van der Waals surface area contributed by atoms with Crippen LogP contribution in [0.25, 0.3) is 11.5 Å². The molecule has 2 unspecified atom stereocenters. The van der Waals surface area contributed by atoms with Crippen molar-refractivity contribution in [2.75, 3.05) is 11.5 Å². The van der Waals surface area contributed by atoms with E-state index in [1.54, 1.807) is 12.1 Å². The molecule has 7 heteroatoms. The van der Waals surface area contributed by atoms with E-state index in [0.29, 0.717) is 27.6 Å². The van der Waals surface area contributed by atoms with Crippen molar-refractivity contribution in [1.29, 1.82) is 0 Å². The predicted octanol–water partition coefficient (Wildman–Crippen LogP) is 4.40. The molecule has 1 fully saturated rings. The Morgan fingerprint density at radius 2 is 2.19 bits per heavy atom. The number of rotatable bonds is 3. The summed E-state index contributed by atoms with van der Waals surface area (Å²) < 4.78 is 5.33. The molecule has 21 heavy (non-hydrogen) atoms. The van der Waals surface area contributed by atoms with Crippen molar-refractivity contribution in [2.24, 2.45) is 0 Å². The minimum absolute atomic E-state index is 0.0901. The lowest BCUT2D eigenvalue weighted by atomic mass is 10.2. The van der Waals surface area contributed by atoms with Gasteiger partial charge in [0.25, 0.3) is 5.89 Å². The van der Waals surface area contributed by atoms with Gasteiger partial charge in [-0.2, -0.15) is 16.7 Å². The highest BCUT2D eigenvalue weighted by atomic mass is 35.5. The van der Waals surface area contributed by atoms with Gasteiger partial charge in [0.1, 0.15) is 5.75 Å². The van der Waals surface area contributed by atoms with Gasteiger partial charge in [-0.05, 0) is 24.6 Å². The molecular formula is C14H15ClN2O2S2. The Bertz CT molecular complexity index is 635. The van der Waals surface area contributed by atoms with E-state index in [2.05, 4.69) is 17.1 Å². The maximum absolute atomic E-state index is 9.91. The van der Waals surface area contributed by atoms with Crippen LogP contribution in [0.5, 0.6) is 5.75 Å². The molecule has 0 spiro atoms. The Morgan fingerprint density at radius 3 is 3.00 bits per heavy atom. The number of benzene rings is 1. The second-order valence-corrected chi connectivity index (χ2v) is 7.76. The first-order chi connectivity index (χ1) is 10.2. The van der Waals surface area contributed by atoms with E-state index >= 15 is 0 Å². The number of aromatic nitrogens is 2. The molecule has 0 bridgehead atoms. The van der Waals surface area contributed by atoms with Gasteiger partial charge in [-0.25, -0.2) is 0 Å². The number of phenols is 1. The van der Waals surface area contributed by atoms with Crippen LogP contribution in [0.15, 0.2) is 22.7 Å². The number of nitrogens with zero attached hydrogens (tertiary/aromatic N) is 2. The summed E-state index contributed by atoms with van der Waals surface area (Å²) in [6.45, 7) is 2.18. The summed E-state index contributed by atoms with van der Waals surface area (Å²) in [5, 5.41) is 15.3. The normalized spacial score (nSPS) is 22.4. The largest absolute Gasteiger partial charge is 0.507 e. The van der Waals surface area contributed by atoms with Gasteiger partial charge in [-0.15, -0.1) is 11.8 Å². The van der Waals surface area contributed by atoms with Gasteiger partial charge in [-0.1, -0.05) is 23.7 Å². The van der Waals surface area contributed by atoms with Gasteiger partial charge in [0, 0.05) is 21.8 Å². The number of thioether (sulfide) groups is 2. The summed E-state index contributed by atoms with van der Waals surface area (Å²) >= 11 is 9.79. The number of hydrogen-bond donors (Lipinski definition) is 1. The van der Waals surface area contributed by atoms with Gasteiger partial charge in [0.2, 0.25) is 0 Å². The summed E-state index contributed by atoms with van der Waals surface area (Å²) in [6, 6.07) is 4.79. The Balaban J connectivity index is 1.90. The lowest BCUT2D eigenvalue weighted by molar-refractivity contribution is 0.416. The minimum atomic E-state index is 0.0901. The van der Waals surface area contributed by atoms with Crippen LogP contribution >= 0.6 is 35.1 Å². The summed E-state index contributed by atoms with van der Waals surface area (Å²) in [5.41, 5.74) is 0.475. The average molecular weight is 343 g/mol. The molecule has 0 radical (unpaired) electrons. The Morgan fingerprint density at radius 1 is 1.38 bits per heavy atom. The first-order valence-corrected chi connectivity index (χ1v) is 9.22. The van der Waals surface area contributed by atoms with Gasteiger partial charge >= 0.3 is 0 Å². The lowest BCUT2D eigenvalue weighted by Gasteiger charge is -2.27. The highest BCUT2D eigenvalue weighted by molar-refractivity contribution is 8.06. The summed E-state index contributed by atoms with van der Waals surface area (Å²) in [6.07, 6.45) is 1.08. The molecule has 1 aromatic heterocycles. The highest BCUT2D eigenvalue weighted by Gasteiger charge is 2.30. The summed E-state index contributed by atoms with van der Waals surface area (Å²) in [7, 11) is 0. The minimum Gasteiger partial charge on any atom is -0.507 e. The van der Waals surface area contributed by atoms with Crippen molar-refractivity contribution in [3.63, 3.8) is 0 Å². The maximum Gasteiger partial charge on any atom is 0.261 e. The van der Waals surface area contributed by atoms with E-state index in [1.807, 2.05) is 23.5 Å². The zero-order chi connectivity index (χ0) is 14.8. The molecule has 1 aliphatic heterocycles. The van der Waals surface area contributed by atoms with Crippen LogP contribution in [0.4, 0.5) is 0 Å². The molecule has 2 heterocycles. The summed E-state index contributed by atoms with van der Waals surface area (Å²) in [5.74, 6) is 3.37. The smallest absolute Gasteiger partial charge is 0.261 e. The topological polar surface area (TPSA) is 59.2 Å². The number of aromatic hydroxyl groups is 1. The summed E-state index contributed by atoms with van der Waals surface area (Å²) in [4.78, 5) is 4.47. The average Bonchev–Trinajstić information content (AvgIpc) is 2.99. The standard InChI is InChI=1S/C14H15ClN2O2S2/c1-2-11-12(21-6-5-20-11)13-16-14(19-17-13)9-7-8(15)3-4-10(9)18/h3-4,7,11-12,18H,2,5-6H2,1H3. The zero-order valence-electron chi connectivity index (χ0n) is 11.5. The van der Waals surface area contributed by atoms with Crippen molar-refractivity contribution in [3.05, 3.63) is 29.0 Å². The van der Waals surface area contributed by atoms with Crippen LogP contribution in [0.3, 0.4) is 0 Å². The molecule has 0 amide bonds. The first-order valence-electron chi connectivity index (χ1n) is 6.74. The van der Waals surface area contributed by atoms with Crippen LogP contribution in [-0.2, 0) is 0 Å². The fourth-order valence-electron chi connectivity index (χ4n) is 2.28. The molecule has 4 nitrogen and oxygen atoms in total.